The van der Waals surface area contributed by atoms with Crippen LogP contribution < -0.4 is 5.32 Å². The number of anilines is 1. The van der Waals surface area contributed by atoms with Crippen LogP contribution in [0.2, 0.25) is 5.02 Å². The molecule has 0 saturated carbocycles. The van der Waals surface area contributed by atoms with E-state index in [1.54, 1.807) is 23.5 Å². The van der Waals surface area contributed by atoms with E-state index in [1.165, 1.54) is 18.2 Å². The molecule has 2 aromatic carbocycles. The van der Waals surface area contributed by atoms with Gasteiger partial charge < -0.3 is 10.4 Å². The summed E-state index contributed by atoms with van der Waals surface area (Å²) in [5, 5.41) is 14.1. The molecule has 1 amide bonds. The standard InChI is InChI=1S/C18H12ClNO3S/c19-13-7-8-15(14(10-13)18(22)23)20-17(21)12-5-3-11(4-6-12)16-2-1-9-24-16/h1-10H,(H,20,21)(H,22,23). The fraction of sp³-hybridized carbons (Fsp3) is 0. The van der Waals surface area contributed by atoms with Crippen molar-refractivity contribution in [1.82, 2.24) is 0 Å². The number of thiophene rings is 1. The maximum atomic E-state index is 12.3. The zero-order valence-corrected chi connectivity index (χ0v) is 13.9. The molecule has 0 bridgehead atoms. The van der Waals surface area contributed by atoms with Gasteiger partial charge in [0.1, 0.15) is 0 Å². The lowest BCUT2D eigenvalue weighted by Crippen LogP contribution is -2.14. The minimum Gasteiger partial charge on any atom is -0.478 e. The topological polar surface area (TPSA) is 66.4 Å². The van der Waals surface area contributed by atoms with E-state index in [9.17, 15) is 14.7 Å². The first-order valence-corrected chi connectivity index (χ1v) is 8.28. The zero-order chi connectivity index (χ0) is 17.1. The van der Waals surface area contributed by atoms with Crippen LogP contribution in [0, 0.1) is 0 Å². The molecule has 0 unspecified atom stereocenters. The van der Waals surface area contributed by atoms with Crippen molar-refractivity contribution in [3.63, 3.8) is 0 Å². The summed E-state index contributed by atoms with van der Waals surface area (Å²) >= 11 is 7.43. The van der Waals surface area contributed by atoms with E-state index in [1.807, 2.05) is 29.6 Å². The average molecular weight is 358 g/mol. The van der Waals surface area contributed by atoms with Gasteiger partial charge in [0.15, 0.2) is 0 Å². The molecule has 0 spiro atoms. The van der Waals surface area contributed by atoms with Gasteiger partial charge in [0.2, 0.25) is 0 Å². The summed E-state index contributed by atoms with van der Waals surface area (Å²) in [6.45, 7) is 0. The van der Waals surface area contributed by atoms with Crippen molar-refractivity contribution in [1.29, 1.82) is 0 Å². The number of benzene rings is 2. The summed E-state index contributed by atoms with van der Waals surface area (Å²) in [6.07, 6.45) is 0. The van der Waals surface area contributed by atoms with Gasteiger partial charge in [-0.05, 0) is 47.3 Å². The molecular formula is C18H12ClNO3S. The number of aromatic carboxylic acids is 1. The largest absolute Gasteiger partial charge is 0.478 e. The smallest absolute Gasteiger partial charge is 0.337 e. The van der Waals surface area contributed by atoms with E-state index in [-0.39, 0.29) is 17.2 Å². The molecular weight excluding hydrogens is 346 g/mol. The maximum absolute atomic E-state index is 12.3. The van der Waals surface area contributed by atoms with Crippen molar-refractivity contribution < 1.29 is 14.7 Å². The number of carbonyl (C=O) groups excluding carboxylic acids is 1. The van der Waals surface area contributed by atoms with Crippen LogP contribution >= 0.6 is 22.9 Å². The van der Waals surface area contributed by atoms with Crippen LogP contribution in [0.1, 0.15) is 20.7 Å². The summed E-state index contributed by atoms with van der Waals surface area (Å²) in [6, 6.07) is 15.4. The number of carboxylic acid groups (broad SMARTS) is 1. The lowest BCUT2D eigenvalue weighted by molar-refractivity contribution is 0.0698. The first-order chi connectivity index (χ1) is 11.5. The van der Waals surface area contributed by atoms with Crippen LogP contribution in [-0.2, 0) is 0 Å². The molecule has 0 saturated heterocycles. The van der Waals surface area contributed by atoms with Gasteiger partial charge in [-0.1, -0.05) is 29.8 Å². The van der Waals surface area contributed by atoms with Crippen LogP contribution in [0.3, 0.4) is 0 Å². The molecule has 3 rings (SSSR count). The number of halogens is 1. The zero-order valence-electron chi connectivity index (χ0n) is 12.3. The van der Waals surface area contributed by atoms with Crippen LogP contribution in [0.15, 0.2) is 60.0 Å². The number of amides is 1. The normalized spacial score (nSPS) is 10.4. The van der Waals surface area contributed by atoms with Crippen LogP contribution in [0.25, 0.3) is 10.4 Å². The minimum absolute atomic E-state index is 0.0499. The number of nitrogens with one attached hydrogen (secondary N) is 1. The lowest BCUT2D eigenvalue weighted by Gasteiger charge is -2.09. The summed E-state index contributed by atoms with van der Waals surface area (Å²) in [5.74, 6) is -1.53. The molecule has 1 aromatic heterocycles. The highest BCUT2D eigenvalue weighted by atomic mass is 35.5. The Hall–Kier alpha value is -2.63. The van der Waals surface area contributed by atoms with E-state index >= 15 is 0 Å². The Morgan fingerprint density at radius 3 is 2.42 bits per heavy atom. The molecule has 120 valence electrons. The predicted molar refractivity (Wildman–Crippen MR) is 96.1 cm³/mol. The Morgan fingerprint density at radius 1 is 1.04 bits per heavy atom. The van der Waals surface area contributed by atoms with E-state index in [2.05, 4.69) is 5.32 Å². The number of hydrogen-bond donors (Lipinski definition) is 2. The first-order valence-electron chi connectivity index (χ1n) is 7.03. The predicted octanol–water partition coefficient (Wildman–Crippen LogP) is 5.02. The highest BCUT2D eigenvalue weighted by Crippen LogP contribution is 2.25. The number of carbonyl (C=O) groups is 2. The Bertz CT molecular complexity index is 889. The van der Waals surface area contributed by atoms with Gasteiger partial charge in [-0.3, -0.25) is 4.79 Å². The molecule has 2 N–H and O–H groups in total. The third-order valence-corrected chi connectivity index (χ3v) is 4.57. The van der Waals surface area contributed by atoms with E-state index in [4.69, 9.17) is 11.6 Å². The molecule has 0 fully saturated rings. The Labute approximate surface area is 147 Å². The monoisotopic (exact) mass is 357 g/mol. The van der Waals surface area contributed by atoms with Crippen LogP contribution in [-0.4, -0.2) is 17.0 Å². The molecule has 24 heavy (non-hydrogen) atoms. The third-order valence-electron chi connectivity index (χ3n) is 3.41. The molecule has 0 aliphatic rings. The van der Waals surface area contributed by atoms with E-state index < -0.39 is 5.97 Å². The molecule has 4 nitrogen and oxygen atoms in total. The van der Waals surface area contributed by atoms with Crippen LogP contribution in [0.4, 0.5) is 5.69 Å². The van der Waals surface area contributed by atoms with E-state index in [0.717, 1.165) is 10.4 Å². The maximum Gasteiger partial charge on any atom is 0.337 e. The van der Waals surface area contributed by atoms with Gasteiger partial charge in [-0.2, -0.15) is 0 Å². The van der Waals surface area contributed by atoms with Gasteiger partial charge in [0, 0.05) is 15.5 Å². The lowest BCUT2D eigenvalue weighted by atomic mass is 10.1. The number of hydrogen-bond acceptors (Lipinski definition) is 3. The molecule has 1 heterocycles. The summed E-state index contributed by atoms with van der Waals surface area (Å²) in [5.41, 5.74) is 1.63. The fourth-order valence-corrected chi connectivity index (χ4v) is 3.13. The summed E-state index contributed by atoms with van der Waals surface area (Å²) in [7, 11) is 0. The van der Waals surface area contributed by atoms with Gasteiger partial charge in [-0.15, -0.1) is 11.3 Å². The van der Waals surface area contributed by atoms with Crippen molar-refractivity contribution in [2.75, 3.05) is 5.32 Å². The Morgan fingerprint density at radius 2 is 1.79 bits per heavy atom. The van der Waals surface area contributed by atoms with Crippen molar-refractivity contribution in [2.45, 2.75) is 0 Å². The summed E-state index contributed by atoms with van der Waals surface area (Å²) < 4.78 is 0. The number of carboxylic acids is 1. The SMILES string of the molecule is O=C(Nc1ccc(Cl)cc1C(=O)O)c1ccc(-c2cccs2)cc1. The molecule has 3 aromatic rings. The van der Waals surface area contributed by atoms with Crippen LogP contribution in [0.5, 0.6) is 0 Å². The Kier molecular flexibility index (Phi) is 4.64. The second-order valence-corrected chi connectivity index (χ2v) is 6.39. The van der Waals surface area contributed by atoms with Gasteiger partial charge in [-0.25, -0.2) is 4.79 Å². The highest BCUT2D eigenvalue weighted by Gasteiger charge is 2.14. The highest BCUT2D eigenvalue weighted by molar-refractivity contribution is 7.13. The van der Waals surface area contributed by atoms with Crippen molar-refractivity contribution in [3.05, 3.63) is 76.1 Å². The molecule has 0 aliphatic carbocycles. The molecule has 0 aliphatic heterocycles. The quantitative estimate of drug-likeness (QED) is 0.689. The van der Waals surface area contributed by atoms with Crippen molar-refractivity contribution in [3.8, 4) is 10.4 Å². The third kappa shape index (κ3) is 3.48. The van der Waals surface area contributed by atoms with Gasteiger partial charge in [0.05, 0.1) is 11.3 Å². The van der Waals surface area contributed by atoms with Gasteiger partial charge in [0.25, 0.3) is 5.91 Å². The fourth-order valence-electron chi connectivity index (χ4n) is 2.23. The second kappa shape index (κ2) is 6.86. The Balaban J connectivity index is 1.82. The molecule has 6 heteroatoms. The van der Waals surface area contributed by atoms with Crippen molar-refractivity contribution in [2.24, 2.45) is 0 Å². The van der Waals surface area contributed by atoms with E-state index in [0.29, 0.717) is 10.6 Å². The second-order valence-electron chi connectivity index (χ2n) is 5.00. The minimum atomic E-state index is -1.15. The molecule has 0 atom stereocenters. The summed E-state index contributed by atoms with van der Waals surface area (Å²) in [4.78, 5) is 24.7. The van der Waals surface area contributed by atoms with Crippen molar-refractivity contribution >= 4 is 40.5 Å². The molecule has 0 radical (unpaired) electrons. The average Bonchev–Trinajstić information content (AvgIpc) is 3.11. The van der Waals surface area contributed by atoms with Gasteiger partial charge >= 0.3 is 5.97 Å². The first kappa shape index (κ1) is 16.2. The number of rotatable bonds is 4.